The molecule has 3 N–H and O–H groups in total. The fraction of sp³-hybridized carbons (Fsp3) is 0.200. The summed E-state index contributed by atoms with van der Waals surface area (Å²) in [4.78, 5) is 2.24. The quantitative estimate of drug-likeness (QED) is 0.810. The van der Waals surface area contributed by atoms with E-state index in [0.29, 0.717) is 5.75 Å². The molecule has 0 saturated carbocycles. The van der Waals surface area contributed by atoms with E-state index in [0.717, 1.165) is 30.0 Å². The largest absolute Gasteiger partial charge is 0.508 e. The van der Waals surface area contributed by atoms with Gasteiger partial charge in [-0.05, 0) is 42.8 Å². The Morgan fingerprint density at radius 1 is 1.11 bits per heavy atom. The van der Waals surface area contributed by atoms with Gasteiger partial charge in [0.15, 0.2) is 0 Å². The second-order valence-electron chi connectivity index (χ2n) is 4.28. The number of anilines is 2. The molecule has 18 heavy (non-hydrogen) atoms. The van der Waals surface area contributed by atoms with Crippen LogP contribution in [0, 0.1) is 0 Å². The normalized spacial score (nSPS) is 10.3. The van der Waals surface area contributed by atoms with Crippen molar-refractivity contribution >= 4 is 11.4 Å². The molecule has 0 saturated heterocycles. The number of phenolic OH excluding ortho intramolecular Hbond substituents is 1. The van der Waals surface area contributed by atoms with E-state index in [1.54, 1.807) is 12.1 Å². The number of nitrogens with zero attached hydrogens (tertiary/aromatic N) is 1. The molecule has 0 spiro atoms. The fourth-order valence-electron chi connectivity index (χ4n) is 1.93. The smallest absolute Gasteiger partial charge is 0.115 e. The van der Waals surface area contributed by atoms with E-state index in [1.165, 1.54) is 0 Å². The maximum Gasteiger partial charge on any atom is 0.115 e. The van der Waals surface area contributed by atoms with Gasteiger partial charge < -0.3 is 15.7 Å². The van der Waals surface area contributed by atoms with Crippen LogP contribution in [0.5, 0.6) is 5.75 Å². The molecule has 3 heteroatoms. The molecule has 0 aliphatic carbocycles. The predicted octanol–water partition coefficient (Wildman–Crippen LogP) is 3.00. The highest BCUT2D eigenvalue weighted by atomic mass is 16.3. The topological polar surface area (TPSA) is 49.5 Å². The standard InChI is InChI=1S/C15H18N2O/c1-2-17(14-5-3-4-13(16)10-14)11-12-6-8-15(18)9-7-12/h3-10,18H,2,11,16H2,1H3. The molecule has 0 radical (unpaired) electrons. The molecular formula is C15H18N2O. The van der Waals surface area contributed by atoms with Crippen LogP contribution in [0.25, 0.3) is 0 Å². The maximum atomic E-state index is 9.27. The van der Waals surface area contributed by atoms with Crippen LogP contribution in [0.4, 0.5) is 11.4 Å². The Bertz CT molecular complexity index is 508. The van der Waals surface area contributed by atoms with Crippen LogP contribution in [0.1, 0.15) is 12.5 Å². The monoisotopic (exact) mass is 242 g/mol. The first-order valence-corrected chi connectivity index (χ1v) is 6.07. The fourth-order valence-corrected chi connectivity index (χ4v) is 1.93. The van der Waals surface area contributed by atoms with Gasteiger partial charge in [-0.25, -0.2) is 0 Å². The van der Waals surface area contributed by atoms with Gasteiger partial charge in [-0.2, -0.15) is 0 Å². The van der Waals surface area contributed by atoms with Gasteiger partial charge >= 0.3 is 0 Å². The number of phenols is 1. The average Bonchev–Trinajstić information content (AvgIpc) is 2.38. The van der Waals surface area contributed by atoms with Crippen molar-refractivity contribution in [2.24, 2.45) is 0 Å². The van der Waals surface area contributed by atoms with Crippen molar-refractivity contribution in [3.63, 3.8) is 0 Å². The first-order chi connectivity index (χ1) is 8.69. The third kappa shape index (κ3) is 2.94. The highest BCUT2D eigenvalue weighted by Crippen LogP contribution is 2.20. The Morgan fingerprint density at radius 3 is 2.44 bits per heavy atom. The molecule has 0 amide bonds. The molecule has 2 rings (SSSR count). The Morgan fingerprint density at radius 2 is 1.83 bits per heavy atom. The summed E-state index contributed by atoms with van der Waals surface area (Å²) in [6, 6.07) is 15.2. The number of nitrogens with two attached hydrogens (primary N) is 1. The second kappa shape index (κ2) is 5.45. The summed E-state index contributed by atoms with van der Waals surface area (Å²) in [5.41, 5.74) is 8.86. The van der Waals surface area contributed by atoms with Crippen LogP contribution in [-0.2, 0) is 6.54 Å². The molecule has 0 bridgehead atoms. The van der Waals surface area contributed by atoms with E-state index in [2.05, 4.69) is 17.9 Å². The minimum Gasteiger partial charge on any atom is -0.508 e. The van der Waals surface area contributed by atoms with Crippen molar-refractivity contribution in [2.75, 3.05) is 17.2 Å². The number of nitrogen functional groups attached to an aromatic ring is 1. The summed E-state index contributed by atoms with van der Waals surface area (Å²) >= 11 is 0. The van der Waals surface area contributed by atoms with E-state index in [4.69, 9.17) is 5.73 Å². The lowest BCUT2D eigenvalue weighted by Crippen LogP contribution is -2.21. The van der Waals surface area contributed by atoms with E-state index in [1.807, 2.05) is 30.3 Å². The number of hydrogen-bond donors (Lipinski definition) is 2. The molecule has 0 aliphatic heterocycles. The van der Waals surface area contributed by atoms with Crippen molar-refractivity contribution in [1.29, 1.82) is 0 Å². The summed E-state index contributed by atoms with van der Waals surface area (Å²) in [6.45, 7) is 3.83. The lowest BCUT2D eigenvalue weighted by atomic mass is 10.2. The van der Waals surface area contributed by atoms with Crippen molar-refractivity contribution in [2.45, 2.75) is 13.5 Å². The number of aromatic hydroxyl groups is 1. The van der Waals surface area contributed by atoms with Crippen LogP contribution >= 0.6 is 0 Å². The first kappa shape index (κ1) is 12.3. The van der Waals surface area contributed by atoms with Crippen molar-refractivity contribution in [3.05, 3.63) is 54.1 Å². The molecule has 0 heterocycles. The average molecular weight is 242 g/mol. The molecule has 0 unspecified atom stereocenters. The van der Waals surface area contributed by atoms with Gasteiger partial charge in [-0.1, -0.05) is 18.2 Å². The third-order valence-corrected chi connectivity index (χ3v) is 2.93. The SMILES string of the molecule is CCN(Cc1ccc(O)cc1)c1cccc(N)c1. The maximum absolute atomic E-state index is 9.27. The van der Waals surface area contributed by atoms with Crippen LogP contribution < -0.4 is 10.6 Å². The molecule has 94 valence electrons. The van der Waals surface area contributed by atoms with Crippen molar-refractivity contribution in [1.82, 2.24) is 0 Å². The molecular weight excluding hydrogens is 224 g/mol. The first-order valence-electron chi connectivity index (χ1n) is 6.07. The zero-order valence-electron chi connectivity index (χ0n) is 10.5. The molecule has 2 aromatic carbocycles. The van der Waals surface area contributed by atoms with Gasteiger partial charge in [0.05, 0.1) is 0 Å². The van der Waals surface area contributed by atoms with E-state index >= 15 is 0 Å². The molecule has 2 aromatic rings. The minimum absolute atomic E-state index is 0.297. The molecule has 3 nitrogen and oxygen atoms in total. The lowest BCUT2D eigenvalue weighted by Gasteiger charge is -2.23. The van der Waals surface area contributed by atoms with Crippen LogP contribution in [-0.4, -0.2) is 11.7 Å². The van der Waals surface area contributed by atoms with Gasteiger partial charge in [0.1, 0.15) is 5.75 Å². The minimum atomic E-state index is 0.297. The van der Waals surface area contributed by atoms with Gasteiger partial charge in [0.2, 0.25) is 0 Å². The van der Waals surface area contributed by atoms with Crippen LogP contribution in [0.3, 0.4) is 0 Å². The number of rotatable bonds is 4. The van der Waals surface area contributed by atoms with E-state index in [9.17, 15) is 5.11 Å². The Hall–Kier alpha value is -2.16. The van der Waals surface area contributed by atoms with Crippen LogP contribution in [0.2, 0.25) is 0 Å². The second-order valence-corrected chi connectivity index (χ2v) is 4.28. The Labute approximate surface area is 107 Å². The highest BCUT2D eigenvalue weighted by Gasteiger charge is 2.05. The zero-order valence-corrected chi connectivity index (χ0v) is 10.5. The van der Waals surface area contributed by atoms with E-state index < -0.39 is 0 Å². The molecule has 0 fully saturated rings. The summed E-state index contributed by atoms with van der Waals surface area (Å²) in [5.74, 6) is 0.297. The number of benzene rings is 2. The summed E-state index contributed by atoms with van der Waals surface area (Å²) in [6.07, 6.45) is 0. The molecule has 0 atom stereocenters. The van der Waals surface area contributed by atoms with Gasteiger partial charge in [0.25, 0.3) is 0 Å². The van der Waals surface area contributed by atoms with Crippen LogP contribution in [0.15, 0.2) is 48.5 Å². The van der Waals surface area contributed by atoms with Crippen molar-refractivity contribution in [3.8, 4) is 5.75 Å². The van der Waals surface area contributed by atoms with Crippen molar-refractivity contribution < 1.29 is 5.11 Å². The zero-order chi connectivity index (χ0) is 13.0. The third-order valence-electron chi connectivity index (χ3n) is 2.93. The van der Waals surface area contributed by atoms with E-state index in [-0.39, 0.29) is 0 Å². The van der Waals surface area contributed by atoms with Gasteiger partial charge in [0, 0.05) is 24.5 Å². The summed E-state index contributed by atoms with van der Waals surface area (Å²) < 4.78 is 0. The lowest BCUT2D eigenvalue weighted by molar-refractivity contribution is 0.475. The van der Waals surface area contributed by atoms with Gasteiger partial charge in [-0.3, -0.25) is 0 Å². The Balaban J connectivity index is 2.17. The highest BCUT2D eigenvalue weighted by molar-refractivity contribution is 5.56. The predicted molar refractivity (Wildman–Crippen MR) is 75.7 cm³/mol. The van der Waals surface area contributed by atoms with Gasteiger partial charge in [-0.15, -0.1) is 0 Å². The summed E-state index contributed by atoms with van der Waals surface area (Å²) in [7, 11) is 0. The number of hydrogen-bond acceptors (Lipinski definition) is 3. The molecule has 0 aliphatic rings. The summed E-state index contributed by atoms with van der Waals surface area (Å²) in [5, 5.41) is 9.27. The molecule has 0 aromatic heterocycles. The Kier molecular flexibility index (Phi) is 3.72.